The average molecular weight is 174 g/mol. The molecule has 1 rings (SSSR count). The monoisotopic (exact) mass is 174 g/mol. The van der Waals surface area contributed by atoms with E-state index in [-0.39, 0.29) is 0 Å². The molecule has 0 saturated heterocycles. The Morgan fingerprint density at radius 2 is 2.00 bits per heavy atom. The number of rotatable bonds is 3. The number of allylic oxidation sites excluding steroid dienone is 1. The molecule has 0 amide bonds. The van der Waals surface area contributed by atoms with Crippen molar-refractivity contribution in [3.8, 4) is 0 Å². The average Bonchev–Trinajstić information content (AvgIpc) is 2.12. The molecule has 2 heteroatoms. The van der Waals surface area contributed by atoms with Gasteiger partial charge in [0.05, 0.1) is 0 Å². The zero-order valence-corrected chi connectivity index (χ0v) is 7.96. The first-order chi connectivity index (χ1) is 6.24. The lowest BCUT2D eigenvalue weighted by molar-refractivity contribution is 1.34. The zero-order chi connectivity index (χ0) is 9.68. The van der Waals surface area contributed by atoms with Crippen molar-refractivity contribution in [1.82, 2.24) is 0 Å². The van der Waals surface area contributed by atoms with Gasteiger partial charge < -0.3 is 10.7 Å². The third-order valence-corrected chi connectivity index (χ3v) is 1.95. The summed E-state index contributed by atoms with van der Waals surface area (Å²) in [5.41, 5.74) is 3.62. The SMILES string of the molecule is Cc1ccc(N/C=C\C=N)cc1C. The van der Waals surface area contributed by atoms with E-state index in [1.807, 2.05) is 6.07 Å². The molecule has 0 aliphatic carbocycles. The lowest BCUT2D eigenvalue weighted by Gasteiger charge is -2.03. The van der Waals surface area contributed by atoms with Crippen LogP contribution in [0.15, 0.2) is 30.5 Å². The highest BCUT2D eigenvalue weighted by atomic mass is 14.8. The summed E-state index contributed by atoms with van der Waals surface area (Å²) < 4.78 is 0. The normalized spacial score (nSPS) is 10.3. The Labute approximate surface area is 78.8 Å². The number of nitrogens with one attached hydrogen (secondary N) is 2. The maximum Gasteiger partial charge on any atom is 0.0382 e. The Morgan fingerprint density at radius 3 is 2.62 bits per heavy atom. The fraction of sp³-hybridized carbons (Fsp3) is 0.182. The first-order valence-corrected chi connectivity index (χ1v) is 4.23. The smallest absolute Gasteiger partial charge is 0.0382 e. The van der Waals surface area contributed by atoms with Crippen LogP contribution in [0.1, 0.15) is 11.1 Å². The van der Waals surface area contributed by atoms with Gasteiger partial charge in [0.25, 0.3) is 0 Å². The molecular weight excluding hydrogens is 160 g/mol. The first-order valence-electron chi connectivity index (χ1n) is 4.23. The Bertz CT molecular complexity index is 327. The van der Waals surface area contributed by atoms with Crippen molar-refractivity contribution in [3.05, 3.63) is 41.6 Å². The van der Waals surface area contributed by atoms with E-state index in [4.69, 9.17) is 5.41 Å². The van der Waals surface area contributed by atoms with Crippen molar-refractivity contribution in [1.29, 1.82) is 5.41 Å². The summed E-state index contributed by atoms with van der Waals surface area (Å²) >= 11 is 0. The molecule has 0 fully saturated rings. The second kappa shape index (κ2) is 4.45. The number of hydrogen-bond acceptors (Lipinski definition) is 2. The van der Waals surface area contributed by atoms with Crippen LogP contribution in [0.3, 0.4) is 0 Å². The lowest BCUT2D eigenvalue weighted by atomic mass is 10.1. The molecule has 2 nitrogen and oxygen atoms in total. The fourth-order valence-electron chi connectivity index (χ4n) is 1.02. The molecule has 0 saturated carbocycles. The molecule has 1 aromatic rings. The van der Waals surface area contributed by atoms with Crippen LogP contribution in [0, 0.1) is 19.3 Å². The van der Waals surface area contributed by atoms with Crippen molar-refractivity contribution in [2.75, 3.05) is 5.32 Å². The zero-order valence-electron chi connectivity index (χ0n) is 7.96. The predicted molar refractivity (Wildman–Crippen MR) is 57.5 cm³/mol. The highest BCUT2D eigenvalue weighted by molar-refractivity contribution is 5.68. The van der Waals surface area contributed by atoms with Crippen LogP contribution in [0.25, 0.3) is 0 Å². The van der Waals surface area contributed by atoms with E-state index in [9.17, 15) is 0 Å². The Morgan fingerprint density at radius 1 is 1.23 bits per heavy atom. The molecule has 68 valence electrons. The van der Waals surface area contributed by atoms with Gasteiger partial charge in [-0.2, -0.15) is 0 Å². The van der Waals surface area contributed by atoms with Gasteiger partial charge in [-0.05, 0) is 43.2 Å². The van der Waals surface area contributed by atoms with Crippen LogP contribution >= 0.6 is 0 Å². The summed E-state index contributed by atoms with van der Waals surface area (Å²) in [6, 6.07) is 6.19. The van der Waals surface area contributed by atoms with Crippen LogP contribution in [0.4, 0.5) is 5.69 Å². The largest absolute Gasteiger partial charge is 0.362 e. The summed E-state index contributed by atoms with van der Waals surface area (Å²) in [4.78, 5) is 0. The van der Waals surface area contributed by atoms with Crippen molar-refractivity contribution in [2.45, 2.75) is 13.8 Å². The standard InChI is InChI=1S/C11H14N2/c1-9-4-5-11(8-10(9)2)13-7-3-6-12/h3-8,12-13H,1-2H3/b7-3-,12-6?. The summed E-state index contributed by atoms with van der Waals surface area (Å²) in [5.74, 6) is 0. The third kappa shape index (κ3) is 2.75. The number of anilines is 1. The highest BCUT2D eigenvalue weighted by Gasteiger charge is 1.92. The van der Waals surface area contributed by atoms with E-state index in [2.05, 4.69) is 31.3 Å². The molecule has 0 bridgehead atoms. The van der Waals surface area contributed by atoms with E-state index >= 15 is 0 Å². The van der Waals surface area contributed by atoms with Crippen molar-refractivity contribution in [3.63, 3.8) is 0 Å². The Hall–Kier alpha value is -1.57. The first kappa shape index (κ1) is 9.52. The maximum absolute atomic E-state index is 6.79. The number of aryl methyl sites for hydroxylation is 2. The summed E-state index contributed by atoms with van der Waals surface area (Å²) in [5, 5.41) is 9.87. The molecule has 0 radical (unpaired) electrons. The highest BCUT2D eigenvalue weighted by Crippen LogP contribution is 2.13. The van der Waals surface area contributed by atoms with E-state index in [1.165, 1.54) is 17.3 Å². The number of hydrogen-bond donors (Lipinski definition) is 2. The minimum Gasteiger partial charge on any atom is -0.362 e. The second-order valence-corrected chi connectivity index (χ2v) is 2.97. The van der Waals surface area contributed by atoms with Gasteiger partial charge in [-0.25, -0.2) is 0 Å². The van der Waals surface area contributed by atoms with E-state index in [0.29, 0.717) is 0 Å². The number of benzene rings is 1. The Balaban J connectivity index is 2.73. The molecule has 0 unspecified atom stereocenters. The van der Waals surface area contributed by atoms with Gasteiger partial charge in [0.1, 0.15) is 0 Å². The summed E-state index contributed by atoms with van der Waals surface area (Å²) in [6.07, 6.45) is 4.64. The van der Waals surface area contributed by atoms with Crippen molar-refractivity contribution < 1.29 is 0 Å². The van der Waals surface area contributed by atoms with Gasteiger partial charge in [0.2, 0.25) is 0 Å². The fourth-order valence-corrected chi connectivity index (χ4v) is 1.02. The molecule has 1 aromatic carbocycles. The van der Waals surface area contributed by atoms with Crippen LogP contribution in [0.5, 0.6) is 0 Å². The molecule has 0 aliphatic rings. The van der Waals surface area contributed by atoms with Gasteiger partial charge in [-0.3, -0.25) is 0 Å². The third-order valence-electron chi connectivity index (χ3n) is 1.95. The Kier molecular flexibility index (Phi) is 3.26. The van der Waals surface area contributed by atoms with Crippen molar-refractivity contribution >= 4 is 11.9 Å². The maximum atomic E-state index is 6.79. The van der Waals surface area contributed by atoms with Gasteiger partial charge in [-0.1, -0.05) is 6.07 Å². The molecule has 2 N–H and O–H groups in total. The molecule has 0 spiro atoms. The van der Waals surface area contributed by atoms with Crippen molar-refractivity contribution in [2.24, 2.45) is 0 Å². The topological polar surface area (TPSA) is 35.9 Å². The molecule has 0 aliphatic heterocycles. The van der Waals surface area contributed by atoms with E-state index < -0.39 is 0 Å². The van der Waals surface area contributed by atoms with Gasteiger partial charge in [0.15, 0.2) is 0 Å². The van der Waals surface area contributed by atoms with Crippen LogP contribution in [0.2, 0.25) is 0 Å². The summed E-state index contributed by atoms with van der Waals surface area (Å²) in [6.45, 7) is 4.17. The van der Waals surface area contributed by atoms with Crippen LogP contribution < -0.4 is 5.32 Å². The summed E-state index contributed by atoms with van der Waals surface area (Å²) in [7, 11) is 0. The van der Waals surface area contributed by atoms with Gasteiger partial charge >= 0.3 is 0 Å². The molecule has 0 heterocycles. The molecule has 0 aromatic heterocycles. The van der Waals surface area contributed by atoms with Gasteiger partial charge in [-0.15, -0.1) is 0 Å². The van der Waals surface area contributed by atoms with Crippen LogP contribution in [-0.2, 0) is 0 Å². The molecule has 0 atom stereocenters. The van der Waals surface area contributed by atoms with E-state index in [0.717, 1.165) is 5.69 Å². The second-order valence-electron chi connectivity index (χ2n) is 2.97. The van der Waals surface area contributed by atoms with E-state index in [1.54, 1.807) is 12.3 Å². The molecular formula is C11H14N2. The molecule has 13 heavy (non-hydrogen) atoms. The minimum absolute atomic E-state index is 1.06. The minimum atomic E-state index is 1.06. The predicted octanol–water partition coefficient (Wildman–Crippen LogP) is 2.88. The van der Waals surface area contributed by atoms with Crippen LogP contribution in [-0.4, -0.2) is 6.21 Å². The quantitative estimate of drug-likeness (QED) is 0.679. The lowest BCUT2D eigenvalue weighted by Crippen LogP contribution is -1.89. The van der Waals surface area contributed by atoms with Gasteiger partial charge in [0, 0.05) is 18.1 Å².